The van der Waals surface area contributed by atoms with Gasteiger partial charge in [-0.15, -0.1) is 12.4 Å². The van der Waals surface area contributed by atoms with Crippen LogP contribution in [-0.4, -0.2) is 57.5 Å². The van der Waals surface area contributed by atoms with Gasteiger partial charge in [0.25, 0.3) is 5.69 Å². The zero-order valence-corrected chi connectivity index (χ0v) is 21.4. The third-order valence-corrected chi connectivity index (χ3v) is 6.72. The van der Waals surface area contributed by atoms with Gasteiger partial charge in [0.2, 0.25) is 0 Å². The lowest BCUT2D eigenvalue weighted by Crippen LogP contribution is -2.46. The second-order valence-corrected chi connectivity index (χ2v) is 8.78. The van der Waals surface area contributed by atoms with Crippen LogP contribution in [0.3, 0.4) is 0 Å². The number of nitrogens with zero attached hydrogens (tertiary/aromatic N) is 3. The Morgan fingerprint density at radius 3 is 2.06 bits per heavy atom. The van der Waals surface area contributed by atoms with E-state index in [-0.39, 0.29) is 41.2 Å². The molecule has 0 saturated carbocycles. The molecule has 3 rings (SSSR count). The van der Waals surface area contributed by atoms with Gasteiger partial charge >= 0.3 is 11.9 Å². The van der Waals surface area contributed by atoms with E-state index in [0.717, 1.165) is 5.56 Å². The molecule has 192 valence electrons. The van der Waals surface area contributed by atoms with Crippen LogP contribution in [0.15, 0.2) is 77.1 Å². The fourth-order valence-corrected chi connectivity index (χ4v) is 4.90. The van der Waals surface area contributed by atoms with E-state index in [9.17, 15) is 29.9 Å². The fourth-order valence-electron chi connectivity index (χ4n) is 4.90. The molecular weight excluding hydrogens is 486 g/mol. The van der Waals surface area contributed by atoms with E-state index in [0.29, 0.717) is 24.5 Å². The van der Waals surface area contributed by atoms with Crippen LogP contribution in [0.4, 0.5) is 5.69 Å². The number of rotatable bonds is 9. The Bertz CT molecular complexity index is 1190. The molecule has 0 saturated heterocycles. The van der Waals surface area contributed by atoms with Crippen molar-refractivity contribution < 1.29 is 24.7 Å². The molecule has 0 amide bonds. The number of carboxylic acid groups (broad SMARTS) is 2. The Hall–Kier alpha value is -3.69. The molecule has 1 aliphatic heterocycles. The summed E-state index contributed by atoms with van der Waals surface area (Å²) in [6.45, 7) is 4.17. The van der Waals surface area contributed by atoms with Crippen molar-refractivity contribution in [3.8, 4) is 0 Å². The van der Waals surface area contributed by atoms with Crippen molar-refractivity contribution in [2.45, 2.75) is 32.2 Å². The lowest BCUT2D eigenvalue weighted by Gasteiger charge is -2.44. The van der Waals surface area contributed by atoms with Crippen molar-refractivity contribution in [2.75, 3.05) is 20.6 Å². The molecule has 0 aliphatic carbocycles. The van der Waals surface area contributed by atoms with Gasteiger partial charge in [-0.3, -0.25) is 10.1 Å². The van der Waals surface area contributed by atoms with E-state index in [4.69, 9.17) is 0 Å². The van der Waals surface area contributed by atoms with Crippen molar-refractivity contribution >= 4 is 30.0 Å². The van der Waals surface area contributed by atoms with Gasteiger partial charge in [-0.25, -0.2) is 9.59 Å². The molecule has 0 unspecified atom stereocenters. The highest BCUT2D eigenvalue weighted by atomic mass is 35.5. The Kier molecular flexibility index (Phi) is 9.01. The van der Waals surface area contributed by atoms with Gasteiger partial charge in [-0.05, 0) is 45.0 Å². The zero-order chi connectivity index (χ0) is 25.9. The van der Waals surface area contributed by atoms with Crippen molar-refractivity contribution in [1.82, 2.24) is 9.80 Å². The molecule has 9 nitrogen and oxygen atoms in total. The molecule has 0 fully saturated rings. The number of benzene rings is 2. The lowest BCUT2D eigenvalue weighted by atomic mass is 9.63. The first-order valence-electron chi connectivity index (χ1n) is 11.1. The van der Waals surface area contributed by atoms with Crippen molar-refractivity contribution in [3.63, 3.8) is 0 Å². The Labute approximate surface area is 215 Å². The number of aliphatic carboxylic acids is 2. The molecule has 36 heavy (non-hydrogen) atoms. The molecule has 2 aromatic rings. The summed E-state index contributed by atoms with van der Waals surface area (Å²) in [5.41, 5.74) is 0.0559. The van der Waals surface area contributed by atoms with Crippen LogP contribution in [0, 0.1) is 10.1 Å². The van der Waals surface area contributed by atoms with Gasteiger partial charge in [-0.1, -0.05) is 42.5 Å². The number of carboxylic acids is 2. The van der Waals surface area contributed by atoms with Crippen LogP contribution in [0.1, 0.15) is 31.4 Å². The maximum Gasteiger partial charge on any atom is 0.334 e. The summed E-state index contributed by atoms with van der Waals surface area (Å²) in [4.78, 5) is 39.9. The highest BCUT2D eigenvalue weighted by Gasteiger charge is 2.51. The predicted octanol–water partition coefficient (Wildman–Crippen LogP) is 4.44. The molecule has 0 spiro atoms. The van der Waals surface area contributed by atoms with Crippen LogP contribution in [0.2, 0.25) is 0 Å². The molecule has 1 aliphatic rings. The van der Waals surface area contributed by atoms with Crippen molar-refractivity contribution in [2.24, 2.45) is 0 Å². The van der Waals surface area contributed by atoms with Crippen molar-refractivity contribution in [3.05, 3.63) is 98.4 Å². The number of nitro benzene ring substituents is 1. The SMILES string of the molecule is CC1=C(C(=O)O)C(CCN(C)Cc2ccccc2)(c2cccc([N+](=O)[O-])c2)C(C(=O)O)=C(C)N1C.Cl. The lowest BCUT2D eigenvalue weighted by molar-refractivity contribution is -0.385. The summed E-state index contributed by atoms with van der Waals surface area (Å²) in [7, 11) is 3.49. The molecule has 0 radical (unpaired) electrons. The summed E-state index contributed by atoms with van der Waals surface area (Å²) in [6, 6.07) is 15.3. The fraction of sp³-hybridized carbons (Fsp3) is 0.308. The average molecular weight is 516 g/mol. The van der Waals surface area contributed by atoms with E-state index in [1.807, 2.05) is 42.3 Å². The molecule has 1 heterocycles. The summed E-state index contributed by atoms with van der Waals surface area (Å²) in [5.74, 6) is -2.53. The van der Waals surface area contributed by atoms with Gasteiger partial charge < -0.3 is 20.0 Å². The van der Waals surface area contributed by atoms with Crippen LogP contribution < -0.4 is 0 Å². The van der Waals surface area contributed by atoms with Gasteiger partial charge in [-0.2, -0.15) is 0 Å². The molecule has 2 N–H and O–H groups in total. The van der Waals surface area contributed by atoms with Crippen LogP contribution >= 0.6 is 12.4 Å². The Morgan fingerprint density at radius 2 is 1.56 bits per heavy atom. The number of non-ortho nitro benzene ring substituents is 1. The third kappa shape index (κ3) is 5.27. The average Bonchev–Trinajstić information content (AvgIpc) is 2.81. The van der Waals surface area contributed by atoms with E-state index < -0.39 is 22.3 Å². The van der Waals surface area contributed by atoms with Crippen LogP contribution in [-0.2, 0) is 21.5 Å². The van der Waals surface area contributed by atoms with Gasteiger partial charge in [0.15, 0.2) is 0 Å². The smallest absolute Gasteiger partial charge is 0.334 e. The predicted molar refractivity (Wildman–Crippen MR) is 138 cm³/mol. The topological polar surface area (TPSA) is 124 Å². The first-order chi connectivity index (χ1) is 16.5. The third-order valence-electron chi connectivity index (χ3n) is 6.72. The van der Waals surface area contributed by atoms with E-state index in [1.165, 1.54) is 18.2 Å². The van der Waals surface area contributed by atoms with Crippen LogP contribution in [0.5, 0.6) is 0 Å². The normalized spacial score (nSPS) is 15.1. The minimum Gasteiger partial charge on any atom is -0.478 e. The number of carbonyl (C=O) groups is 2. The molecule has 10 heteroatoms. The number of halogens is 1. The molecule has 2 aromatic carbocycles. The number of allylic oxidation sites excluding steroid dienone is 2. The van der Waals surface area contributed by atoms with E-state index >= 15 is 0 Å². The largest absolute Gasteiger partial charge is 0.478 e. The first kappa shape index (κ1) is 28.5. The maximum atomic E-state index is 12.7. The quantitative estimate of drug-likeness (QED) is 0.371. The second kappa shape index (κ2) is 11.4. The van der Waals surface area contributed by atoms with Gasteiger partial charge in [0, 0.05) is 37.1 Å². The summed E-state index contributed by atoms with van der Waals surface area (Å²) >= 11 is 0. The minimum absolute atomic E-state index is 0. The Morgan fingerprint density at radius 1 is 1.00 bits per heavy atom. The summed E-state index contributed by atoms with van der Waals surface area (Å²) in [6.07, 6.45) is 0.100. The first-order valence-corrected chi connectivity index (χ1v) is 11.1. The highest BCUT2D eigenvalue weighted by Crippen LogP contribution is 2.50. The maximum absolute atomic E-state index is 12.7. The van der Waals surface area contributed by atoms with Crippen molar-refractivity contribution in [1.29, 1.82) is 0 Å². The van der Waals surface area contributed by atoms with Crippen LogP contribution in [0.25, 0.3) is 0 Å². The highest BCUT2D eigenvalue weighted by molar-refractivity contribution is 6.00. The van der Waals surface area contributed by atoms with Gasteiger partial charge in [0.05, 0.1) is 21.5 Å². The van der Waals surface area contributed by atoms with E-state index in [1.54, 1.807) is 31.9 Å². The number of hydrogen-bond acceptors (Lipinski definition) is 6. The molecule has 0 bridgehead atoms. The summed E-state index contributed by atoms with van der Waals surface area (Å²) in [5, 5.41) is 32.2. The molecule has 0 atom stereocenters. The molecule has 0 aromatic heterocycles. The Balaban J connectivity index is 0.00000456. The van der Waals surface area contributed by atoms with Gasteiger partial charge in [0.1, 0.15) is 0 Å². The minimum atomic E-state index is -1.60. The summed E-state index contributed by atoms with van der Waals surface area (Å²) < 4.78 is 0. The number of hydrogen-bond donors (Lipinski definition) is 2. The monoisotopic (exact) mass is 515 g/mol. The molecular formula is C26H30ClN3O6. The second-order valence-electron chi connectivity index (χ2n) is 8.78. The standard InChI is InChI=1S/C26H29N3O6.ClH/c1-17-22(24(30)31)26(23(25(32)33)18(2)28(17)4,20-11-8-12-21(15-20)29(34)35)13-14-27(3)16-19-9-6-5-7-10-19;/h5-12,15H,13-14,16H2,1-4H3,(H,30,31)(H,32,33);1H. The zero-order valence-electron chi connectivity index (χ0n) is 20.6. The van der Waals surface area contributed by atoms with E-state index in [2.05, 4.69) is 0 Å². The number of nitro groups is 1.